The van der Waals surface area contributed by atoms with Gasteiger partial charge in [-0.2, -0.15) is 0 Å². The molecule has 0 bridgehead atoms. The number of nitrogens with zero attached hydrogens (tertiary/aromatic N) is 2. The lowest BCUT2D eigenvalue weighted by Crippen LogP contribution is -2.41. The highest BCUT2D eigenvalue weighted by Crippen LogP contribution is 2.23. The van der Waals surface area contributed by atoms with Crippen LogP contribution in [0.3, 0.4) is 0 Å². The molecular weight excluding hydrogens is 354 g/mol. The molecule has 0 unspecified atom stereocenters. The second-order valence-corrected chi connectivity index (χ2v) is 7.36. The summed E-state index contributed by atoms with van der Waals surface area (Å²) in [5, 5.41) is 2.79. The molecule has 0 saturated carbocycles. The van der Waals surface area contributed by atoms with Gasteiger partial charge in [-0.1, -0.05) is 23.8 Å². The van der Waals surface area contributed by atoms with E-state index < -0.39 is 0 Å². The minimum atomic E-state index is -0.112. The Morgan fingerprint density at radius 3 is 2.50 bits per heavy atom. The lowest BCUT2D eigenvalue weighted by Gasteiger charge is -2.32. The molecule has 6 nitrogen and oxygen atoms in total. The monoisotopic (exact) mass is 379 g/mol. The predicted molar refractivity (Wildman–Crippen MR) is 108 cm³/mol. The van der Waals surface area contributed by atoms with Crippen molar-refractivity contribution in [3.63, 3.8) is 0 Å². The smallest absolute Gasteiger partial charge is 0.321 e. The molecule has 2 aliphatic heterocycles. The Labute approximate surface area is 165 Å². The lowest BCUT2D eigenvalue weighted by molar-refractivity contribution is 0.0595. The number of ether oxygens (including phenoxy) is 1. The molecule has 0 spiro atoms. The van der Waals surface area contributed by atoms with E-state index in [0.29, 0.717) is 31.7 Å². The first kappa shape index (κ1) is 18.3. The largest absolute Gasteiger partial charge is 0.490 e. The first-order valence-electron chi connectivity index (χ1n) is 9.78. The molecule has 2 fully saturated rings. The number of rotatable bonds is 4. The number of nitrogens with one attached hydrogen (secondary N) is 1. The maximum atomic E-state index is 12.9. The van der Waals surface area contributed by atoms with Crippen molar-refractivity contribution in [3.8, 4) is 5.75 Å². The van der Waals surface area contributed by atoms with Crippen LogP contribution in [0.4, 0.5) is 10.5 Å². The van der Waals surface area contributed by atoms with E-state index in [-0.39, 0.29) is 18.0 Å². The van der Waals surface area contributed by atoms with Crippen molar-refractivity contribution in [1.82, 2.24) is 10.2 Å². The van der Waals surface area contributed by atoms with Gasteiger partial charge in [0.05, 0.1) is 0 Å². The summed E-state index contributed by atoms with van der Waals surface area (Å²) in [5.74, 6) is 0.891. The number of piperidine rings is 1. The van der Waals surface area contributed by atoms with E-state index in [1.54, 1.807) is 4.90 Å². The highest BCUT2D eigenvalue weighted by molar-refractivity contribution is 5.98. The van der Waals surface area contributed by atoms with Crippen LogP contribution in [0.2, 0.25) is 0 Å². The van der Waals surface area contributed by atoms with Gasteiger partial charge in [-0.15, -0.1) is 0 Å². The van der Waals surface area contributed by atoms with Gasteiger partial charge in [0.2, 0.25) is 0 Å². The molecule has 3 amide bonds. The quantitative estimate of drug-likeness (QED) is 0.887. The number of anilines is 1. The van der Waals surface area contributed by atoms with E-state index in [1.165, 1.54) is 5.56 Å². The first-order chi connectivity index (χ1) is 13.6. The van der Waals surface area contributed by atoms with Crippen LogP contribution in [0.1, 0.15) is 28.8 Å². The summed E-state index contributed by atoms with van der Waals surface area (Å²) in [5.41, 5.74) is 2.59. The highest BCUT2D eigenvalue weighted by atomic mass is 16.5. The Kier molecular flexibility index (Phi) is 5.19. The molecule has 2 saturated heterocycles. The Hall–Kier alpha value is -3.02. The van der Waals surface area contributed by atoms with Gasteiger partial charge in [-0.25, -0.2) is 4.79 Å². The topological polar surface area (TPSA) is 61.9 Å². The van der Waals surface area contributed by atoms with Crippen LogP contribution >= 0.6 is 0 Å². The Morgan fingerprint density at radius 2 is 1.82 bits per heavy atom. The molecule has 0 atom stereocenters. The number of aryl methyl sites for hydroxylation is 1. The number of urea groups is 1. The van der Waals surface area contributed by atoms with E-state index in [1.807, 2.05) is 53.4 Å². The standard InChI is InChI=1S/C22H25N3O3/c1-16-5-7-19(8-6-16)28-20-9-12-24(13-10-20)21(26)17-3-2-4-18(15-17)25-14-11-23-22(25)27/h2-8,15,20H,9-14H2,1H3,(H,23,27). The van der Waals surface area contributed by atoms with Crippen LogP contribution in [0.15, 0.2) is 48.5 Å². The van der Waals surface area contributed by atoms with Gasteiger partial charge < -0.3 is 15.0 Å². The van der Waals surface area contributed by atoms with E-state index in [2.05, 4.69) is 12.2 Å². The fourth-order valence-corrected chi connectivity index (χ4v) is 3.69. The second-order valence-electron chi connectivity index (χ2n) is 7.36. The minimum Gasteiger partial charge on any atom is -0.490 e. The Balaban J connectivity index is 1.36. The van der Waals surface area contributed by atoms with Gasteiger partial charge in [-0.05, 0) is 37.3 Å². The fraction of sp³-hybridized carbons (Fsp3) is 0.364. The summed E-state index contributed by atoms with van der Waals surface area (Å²) < 4.78 is 6.05. The predicted octanol–water partition coefficient (Wildman–Crippen LogP) is 3.21. The molecule has 6 heteroatoms. The number of carbonyl (C=O) groups is 2. The van der Waals surface area contributed by atoms with Crippen molar-refractivity contribution in [3.05, 3.63) is 59.7 Å². The molecule has 2 aromatic carbocycles. The maximum Gasteiger partial charge on any atom is 0.321 e. The maximum absolute atomic E-state index is 12.9. The summed E-state index contributed by atoms with van der Waals surface area (Å²) in [6.45, 7) is 4.65. The van der Waals surface area contributed by atoms with Gasteiger partial charge in [0.25, 0.3) is 5.91 Å². The average Bonchev–Trinajstić information content (AvgIpc) is 3.16. The SMILES string of the molecule is Cc1ccc(OC2CCN(C(=O)c3cccc(N4CCNC4=O)c3)CC2)cc1. The van der Waals surface area contributed by atoms with Gasteiger partial charge in [0, 0.05) is 50.3 Å². The summed E-state index contributed by atoms with van der Waals surface area (Å²) in [4.78, 5) is 28.3. The van der Waals surface area contributed by atoms with Crippen molar-refractivity contribution < 1.29 is 14.3 Å². The van der Waals surface area contributed by atoms with Crippen LogP contribution in [0.5, 0.6) is 5.75 Å². The third-order valence-electron chi connectivity index (χ3n) is 5.31. The van der Waals surface area contributed by atoms with Crippen LogP contribution in [0, 0.1) is 6.92 Å². The van der Waals surface area contributed by atoms with Crippen LogP contribution in [-0.2, 0) is 0 Å². The zero-order valence-corrected chi connectivity index (χ0v) is 16.1. The molecule has 0 radical (unpaired) electrons. The van der Waals surface area contributed by atoms with Gasteiger partial charge in [0.15, 0.2) is 0 Å². The normalized spacial score (nSPS) is 17.5. The van der Waals surface area contributed by atoms with E-state index in [9.17, 15) is 9.59 Å². The zero-order valence-electron chi connectivity index (χ0n) is 16.1. The van der Waals surface area contributed by atoms with Crippen LogP contribution < -0.4 is 15.0 Å². The molecule has 2 heterocycles. The Morgan fingerprint density at radius 1 is 1.07 bits per heavy atom. The molecule has 2 aromatic rings. The third-order valence-corrected chi connectivity index (χ3v) is 5.31. The molecular formula is C22H25N3O3. The van der Waals surface area contributed by atoms with E-state index >= 15 is 0 Å². The molecule has 28 heavy (non-hydrogen) atoms. The number of likely N-dealkylation sites (tertiary alicyclic amines) is 1. The van der Waals surface area contributed by atoms with Gasteiger partial charge in [0.1, 0.15) is 11.9 Å². The van der Waals surface area contributed by atoms with Crippen molar-refractivity contribution >= 4 is 17.6 Å². The summed E-state index contributed by atoms with van der Waals surface area (Å²) in [7, 11) is 0. The summed E-state index contributed by atoms with van der Waals surface area (Å²) in [6.07, 6.45) is 1.76. The number of hydrogen-bond acceptors (Lipinski definition) is 3. The number of carbonyl (C=O) groups excluding carboxylic acids is 2. The van der Waals surface area contributed by atoms with Gasteiger partial charge in [-0.3, -0.25) is 9.69 Å². The molecule has 0 aromatic heterocycles. The van der Waals surface area contributed by atoms with E-state index in [4.69, 9.17) is 4.74 Å². The van der Waals surface area contributed by atoms with Crippen molar-refractivity contribution in [2.24, 2.45) is 0 Å². The number of hydrogen-bond donors (Lipinski definition) is 1. The van der Waals surface area contributed by atoms with E-state index in [0.717, 1.165) is 24.3 Å². The van der Waals surface area contributed by atoms with Gasteiger partial charge >= 0.3 is 6.03 Å². The molecule has 2 aliphatic rings. The summed E-state index contributed by atoms with van der Waals surface area (Å²) >= 11 is 0. The zero-order chi connectivity index (χ0) is 19.5. The summed E-state index contributed by atoms with van der Waals surface area (Å²) in [6, 6.07) is 15.3. The lowest BCUT2D eigenvalue weighted by atomic mass is 10.1. The van der Waals surface area contributed by atoms with Crippen molar-refractivity contribution in [1.29, 1.82) is 0 Å². The van der Waals surface area contributed by atoms with Crippen LogP contribution in [-0.4, -0.2) is 49.1 Å². The fourth-order valence-electron chi connectivity index (χ4n) is 3.69. The average molecular weight is 379 g/mol. The van der Waals surface area contributed by atoms with Crippen molar-refractivity contribution in [2.45, 2.75) is 25.9 Å². The second kappa shape index (κ2) is 7.92. The van der Waals surface area contributed by atoms with Crippen molar-refractivity contribution in [2.75, 3.05) is 31.1 Å². The Bertz CT molecular complexity index is 858. The minimum absolute atomic E-state index is 0.00948. The molecule has 146 valence electrons. The third kappa shape index (κ3) is 3.96. The molecule has 1 N–H and O–H groups in total. The highest BCUT2D eigenvalue weighted by Gasteiger charge is 2.26. The molecule has 0 aliphatic carbocycles. The number of benzene rings is 2. The van der Waals surface area contributed by atoms with Crippen LogP contribution in [0.25, 0.3) is 0 Å². The number of amides is 3. The molecule has 4 rings (SSSR count). The first-order valence-corrected chi connectivity index (χ1v) is 9.78.